The molecular weight excluding hydrogens is 322 g/mol. The van der Waals surface area contributed by atoms with Gasteiger partial charge in [0, 0.05) is 24.4 Å². The lowest BCUT2D eigenvalue weighted by Crippen LogP contribution is -1.97. The second-order valence-electron chi connectivity index (χ2n) is 6.82. The maximum atomic E-state index is 4.74. The van der Waals surface area contributed by atoms with Crippen molar-refractivity contribution in [2.45, 2.75) is 19.3 Å². The van der Waals surface area contributed by atoms with Crippen LogP contribution in [0.1, 0.15) is 18.7 Å². The van der Waals surface area contributed by atoms with Crippen molar-refractivity contribution in [2.24, 2.45) is 5.92 Å². The molecule has 0 radical (unpaired) electrons. The first-order valence-electron chi connectivity index (χ1n) is 8.91. The van der Waals surface area contributed by atoms with Gasteiger partial charge in [0.2, 0.25) is 0 Å². The van der Waals surface area contributed by atoms with Crippen molar-refractivity contribution >= 4 is 5.65 Å². The molecule has 5 nitrogen and oxygen atoms in total. The number of rotatable bonds is 5. The van der Waals surface area contributed by atoms with E-state index in [0.29, 0.717) is 5.92 Å². The molecule has 0 atom stereocenters. The predicted molar refractivity (Wildman–Crippen MR) is 101 cm³/mol. The van der Waals surface area contributed by atoms with E-state index in [0.717, 1.165) is 34.8 Å². The third-order valence-electron chi connectivity index (χ3n) is 4.88. The maximum absolute atomic E-state index is 4.74. The lowest BCUT2D eigenvalue weighted by molar-refractivity contribution is 0.856. The largest absolute Gasteiger partial charge is 0.241 e. The molecule has 5 rings (SSSR count). The van der Waals surface area contributed by atoms with Gasteiger partial charge in [-0.15, -0.1) is 0 Å². The van der Waals surface area contributed by atoms with Gasteiger partial charge in [-0.3, -0.25) is 0 Å². The van der Waals surface area contributed by atoms with Gasteiger partial charge in [-0.25, -0.2) is 14.2 Å². The van der Waals surface area contributed by atoms with Crippen LogP contribution in [0.25, 0.3) is 22.6 Å². The van der Waals surface area contributed by atoms with Crippen molar-refractivity contribution in [2.75, 3.05) is 0 Å². The van der Waals surface area contributed by atoms with E-state index in [-0.39, 0.29) is 0 Å². The van der Waals surface area contributed by atoms with Crippen LogP contribution in [0.15, 0.2) is 73.1 Å². The van der Waals surface area contributed by atoms with Crippen molar-refractivity contribution in [1.82, 2.24) is 24.4 Å². The molecule has 0 spiro atoms. The Balaban J connectivity index is 1.49. The average Bonchev–Trinajstić information content (AvgIpc) is 3.22. The summed E-state index contributed by atoms with van der Waals surface area (Å²) in [7, 11) is 0. The maximum Gasteiger partial charge on any atom is 0.156 e. The number of hydrogen-bond donors (Lipinski definition) is 0. The van der Waals surface area contributed by atoms with Gasteiger partial charge in [-0.1, -0.05) is 30.4 Å². The summed E-state index contributed by atoms with van der Waals surface area (Å²) in [6.45, 7) is 4.20. The number of pyridine rings is 1. The van der Waals surface area contributed by atoms with E-state index in [1.165, 1.54) is 18.4 Å². The number of nitrogens with zero attached hydrogens (tertiary/aromatic N) is 5. The summed E-state index contributed by atoms with van der Waals surface area (Å²) in [5, 5.41) is 9.01. The molecule has 0 amide bonds. The molecule has 1 aliphatic rings. The third kappa shape index (κ3) is 2.71. The Hall–Kier alpha value is -3.21. The minimum atomic E-state index is 0.677. The lowest BCUT2D eigenvalue weighted by atomic mass is 10.1. The van der Waals surface area contributed by atoms with Gasteiger partial charge < -0.3 is 0 Å². The summed E-state index contributed by atoms with van der Waals surface area (Å²) in [6.07, 6.45) is 7.01. The number of benzene rings is 1. The Morgan fingerprint density at radius 3 is 2.65 bits per heavy atom. The molecule has 3 aromatic heterocycles. The summed E-state index contributed by atoms with van der Waals surface area (Å²) in [4.78, 5) is 4.68. The van der Waals surface area contributed by atoms with Crippen LogP contribution in [0.2, 0.25) is 0 Å². The topological polar surface area (TPSA) is 48.0 Å². The van der Waals surface area contributed by atoms with Crippen molar-refractivity contribution in [1.29, 1.82) is 0 Å². The molecule has 26 heavy (non-hydrogen) atoms. The zero-order chi connectivity index (χ0) is 17.5. The van der Waals surface area contributed by atoms with Gasteiger partial charge in [-0.2, -0.15) is 10.2 Å². The molecule has 0 bridgehead atoms. The highest BCUT2D eigenvalue weighted by Gasteiger charge is 2.25. The fourth-order valence-corrected chi connectivity index (χ4v) is 3.29. The molecule has 1 saturated carbocycles. The predicted octanol–water partition coefficient (Wildman–Crippen LogP) is 4.09. The molecule has 1 aliphatic carbocycles. The van der Waals surface area contributed by atoms with E-state index in [2.05, 4.69) is 47.0 Å². The highest BCUT2D eigenvalue weighted by Crippen LogP contribution is 2.36. The SMILES string of the molecule is C=C(Cc1nc2cccc(-c3ccc(-n4cccn4)cc3)n2n1)C1CC1. The number of aromatic nitrogens is 5. The van der Waals surface area contributed by atoms with Crippen LogP contribution in [-0.2, 0) is 6.42 Å². The summed E-state index contributed by atoms with van der Waals surface area (Å²) in [5.41, 5.74) is 5.29. The number of allylic oxidation sites excluding steroid dienone is 1. The van der Waals surface area contributed by atoms with E-state index in [9.17, 15) is 0 Å². The Kier molecular flexibility index (Phi) is 3.45. The Morgan fingerprint density at radius 1 is 1.08 bits per heavy atom. The van der Waals surface area contributed by atoms with Crippen molar-refractivity contribution < 1.29 is 0 Å². The molecule has 0 saturated heterocycles. The second kappa shape index (κ2) is 5.95. The van der Waals surface area contributed by atoms with Gasteiger partial charge in [-0.05, 0) is 49.1 Å². The van der Waals surface area contributed by atoms with E-state index >= 15 is 0 Å². The highest BCUT2D eigenvalue weighted by atomic mass is 15.3. The summed E-state index contributed by atoms with van der Waals surface area (Å²) in [5.74, 6) is 1.53. The van der Waals surface area contributed by atoms with Crippen LogP contribution < -0.4 is 0 Å². The van der Waals surface area contributed by atoms with Crippen molar-refractivity contribution in [3.8, 4) is 16.9 Å². The molecule has 1 fully saturated rings. The monoisotopic (exact) mass is 341 g/mol. The minimum Gasteiger partial charge on any atom is -0.241 e. The fourth-order valence-electron chi connectivity index (χ4n) is 3.29. The zero-order valence-electron chi connectivity index (χ0n) is 14.4. The summed E-state index contributed by atoms with van der Waals surface area (Å²) in [6, 6.07) is 16.3. The Bertz CT molecular complexity index is 1070. The zero-order valence-corrected chi connectivity index (χ0v) is 14.4. The minimum absolute atomic E-state index is 0.677. The van der Waals surface area contributed by atoms with Crippen LogP contribution in [0.3, 0.4) is 0 Å². The van der Waals surface area contributed by atoms with Gasteiger partial charge in [0.1, 0.15) is 0 Å². The fraction of sp³-hybridized carbons (Fsp3) is 0.190. The quantitative estimate of drug-likeness (QED) is 0.514. The molecule has 0 aliphatic heterocycles. The molecular formula is C21H19N5. The van der Waals surface area contributed by atoms with Crippen molar-refractivity contribution in [3.63, 3.8) is 0 Å². The Labute approximate surface area is 151 Å². The van der Waals surface area contributed by atoms with Crippen molar-refractivity contribution in [3.05, 3.63) is 78.9 Å². The molecule has 4 aromatic rings. The van der Waals surface area contributed by atoms with Crippen LogP contribution in [0, 0.1) is 5.92 Å². The molecule has 128 valence electrons. The van der Waals surface area contributed by atoms with Crippen LogP contribution >= 0.6 is 0 Å². The standard InChI is InChI=1S/C21H19N5/c1-15(16-6-7-16)14-20-23-21-5-2-4-19(26(21)24-20)17-8-10-18(11-9-17)25-13-3-12-22-25/h2-5,8-13,16H,1,6-7,14H2. The van der Waals surface area contributed by atoms with Crippen LogP contribution in [0.4, 0.5) is 0 Å². The third-order valence-corrected chi connectivity index (χ3v) is 4.88. The average molecular weight is 341 g/mol. The molecule has 5 heteroatoms. The summed E-state index contributed by atoms with van der Waals surface area (Å²) >= 11 is 0. The second-order valence-corrected chi connectivity index (χ2v) is 6.82. The highest BCUT2D eigenvalue weighted by molar-refractivity contribution is 5.64. The van der Waals surface area contributed by atoms with E-state index in [1.54, 1.807) is 6.20 Å². The number of hydrogen-bond acceptors (Lipinski definition) is 3. The Morgan fingerprint density at radius 2 is 1.92 bits per heavy atom. The first-order valence-corrected chi connectivity index (χ1v) is 8.91. The van der Waals surface area contributed by atoms with Crippen LogP contribution in [-0.4, -0.2) is 24.4 Å². The van der Waals surface area contributed by atoms with E-state index in [4.69, 9.17) is 5.10 Å². The molecule has 0 unspecified atom stereocenters. The first-order chi connectivity index (χ1) is 12.8. The van der Waals surface area contributed by atoms with E-state index in [1.807, 2.05) is 33.6 Å². The van der Waals surface area contributed by atoms with Gasteiger partial charge in [0.15, 0.2) is 11.5 Å². The van der Waals surface area contributed by atoms with Crippen LogP contribution in [0.5, 0.6) is 0 Å². The first kappa shape index (κ1) is 15.1. The van der Waals surface area contributed by atoms with Gasteiger partial charge >= 0.3 is 0 Å². The van der Waals surface area contributed by atoms with Gasteiger partial charge in [0.05, 0.1) is 11.4 Å². The number of fused-ring (bicyclic) bond motifs is 1. The van der Waals surface area contributed by atoms with E-state index < -0.39 is 0 Å². The lowest BCUT2D eigenvalue weighted by Gasteiger charge is -2.06. The normalized spacial score (nSPS) is 14.0. The summed E-state index contributed by atoms with van der Waals surface area (Å²) < 4.78 is 3.78. The molecule has 3 heterocycles. The van der Waals surface area contributed by atoms with Gasteiger partial charge in [0.25, 0.3) is 0 Å². The molecule has 1 aromatic carbocycles. The smallest absolute Gasteiger partial charge is 0.156 e. The molecule has 0 N–H and O–H groups in total.